The van der Waals surface area contributed by atoms with Gasteiger partial charge in [0.1, 0.15) is 0 Å². The number of halogens is 1. The van der Waals surface area contributed by atoms with Crippen LogP contribution >= 0.6 is 11.6 Å². The average Bonchev–Trinajstić information content (AvgIpc) is 2.38. The molecule has 1 fully saturated rings. The predicted octanol–water partition coefficient (Wildman–Crippen LogP) is 3.56. The molecule has 2 rings (SSSR count). The Morgan fingerprint density at radius 1 is 1.41 bits per heavy atom. The van der Waals surface area contributed by atoms with Crippen LogP contribution in [-0.4, -0.2) is 19.3 Å². The highest BCUT2D eigenvalue weighted by molar-refractivity contribution is 6.31. The van der Waals surface area contributed by atoms with E-state index in [0.717, 1.165) is 23.7 Å². The maximum atomic E-state index is 6.17. The van der Waals surface area contributed by atoms with Crippen molar-refractivity contribution in [3.8, 4) is 0 Å². The van der Waals surface area contributed by atoms with E-state index < -0.39 is 0 Å². The van der Waals surface area contributed by atoms with Crippen LogP contribution in [0.3, 0.4) is 0 Å². The Bertz CT molecular complexity index is 350. The molecule has 0 aliphatic carbocycles. The van der Waals surface area contributed by atoms with Crippen molar-refractivity contribution in [1.82, 2.24) is 5.32 Å². The SMILES string of the molecule is C[C@@H](NCC1CCCCO1)c1ccccc1Cl. The van der Waals surface area contributed by atoms with Gasteiger partial charge in [0.2, 0.25) is 0 Å². The van der Waals surface area contributed by atoms with Crippen LogP contribution < -0.4 is 5.32 Å². The van der Waals surface area contributed by atoms with Gasteiger partial charge in [-0.15, -0.1) is 0 Å². The summed E-state index contributed by atoms with van der Waals surface area (Å²) in [5, 5.41) is 4.33. The summed E-state index contributed by atoms with van der Waals surface area (Å²) >= 11 is 6.17. The zero-order chi connectivity index (χ0) is 12.1. The highest BCUT2D eigenvalue weighted by Gasteiger charge is 2.15. The molecule has 1 aromatic carbocycles. The minimum atomic E-state index is 0.272. The van der Waals surface area contributed by atoms with E-state index in [0.29, 0.717) is 6.10 Å². The minimum absolute atomic E-state index is 0.272. The molecule has 0 saturated carbocycles. The van der Waals surface area contributed by atoms with Gasteiger partial charge < -0.3 is 10.1 Å². The molecule has 1 aliphatic rings. The smallest absolute Gasteiger partial charge is 0.0699 e. The Balaban J connectivity index is 1.84. The standard InChI is InChI=1S/C14H20ClNO/c1-11(13-7-2-3-8-14(13)15)16-10-12-6-4-5-9-17-12/h2-3,7-8,11-12,16H,4-6,9-10H2,1H3/t11-,12?/m1/s1. The Labute approximate surface area is 108 Å². The Hall–Kier alpha value is -0.570. The molecule has 3 heteroatoms. The summed E-state index contributed by atoms with van der Waals surface area (Å²) in [5.74, 6) is 0. The van der Waals surface area contributed by atoms with Crippen LogP contribution in [0.4, 0.5) is 0 Å². The Morgan fingerprint density at radius 2 is 2.24 bits per heavy atom. The minimum Gasteiger partial charge on any atom is -0.377 e. The molecule has 0 bridgehead atoms. The van der Waals surface area contributed by atoms with Crippen LogP contribution in [0.5, 0.6) is 0 Å². The number of rotatable bonds is 4. The molecular formula is C14H20ClNO. The summed E-state index contributed by atoms with van der Waals surface area (Å²) < 4.78 is 5.70. The molecule has 0 spiro atoms. The van der Waals surface area contributed by atoms with E-state index in [1.807, 2.05) is 18.2 Å². The molecular weight excluding hydrogens is 234 g/mol. The fourth-order valence-corrected chi connectivity index (χ4v) is 2.51. The molecule has 0 amide bonds. The number of hydrogen-bond acceptors (Lipinski definition) is 2. The van der Waals surface area contributed by atoms with Gasteiger partial charge in [-0.3, -0.25) is 0 Å². The second-order valence-electron chi connectivity index (χ2n) is 4.64. The highest BCUT2D eigenvalue weighted by atomic mass is 35.5. The van der Waals surface area contributed by atoms with Crippen molar-refractivity contribution in [3.05, 3.63) is 34.9 Å². The molecule has 2 atom stereocenters. The maximum absolute atomic E-state index is 6.17. The zero-order valence-electron chi connectivity index (χ0n) is 10.3. The van der Waals surface area contributed by atoms with Gasteiger partial charge in [-0.1, -0.05) is 29.8 Å². The summed E-state index contributed by atoms with van der Waals surface area (Å²) in [7, 11) is 0. The van der Waals surface area contributed by atoms with E-state index in [4.69, 9.17) is 16.3 Å². The summed E-state index contributed by atoms with van der Waals surface area (Å²) in [6.07, 6.45) is 4.03. The van der Waals surface area contributed by atoms with Crippen LogP contribution in [0, 0.1) is 0 Å². The van der Waals surface area contributed by atoms with Crippen molar-refractivity contribution in [3.63, 3.8) is 0 Å². The van der Waals surface area contributed by atoms with Gasteiger partial charge in [0.15, 0.2) is 0 Å². The summed E-state index contributed by atoms with van der Waals surface area (Å²) in [5.41, 5.74) is 1.16. The first-order valence-corrected chi connectivity index (χ1v) is 6.74. The number of ether oxygens (including phenoxy) is 1. The number of nitrogens with one attached hydrogen (secondary N) is 1. The van der Waals surface area contributed by atoms with Crippen molar-refractivity contribution in [2.24, 2.45) is 0 Å². The van der Waals surface area contributed by atoms with Gasteiger partial charge >= 0.3 is 0 Å². The van der Waals surface area contributed by atoms with Gasteiger partial charge in [-0.2, -0.15) is 0 Å². The van der Waals surface area contributed by atoms with Gasteiger partial charge in [0.25, 0.3) is 0 Å². The normalized spacial score (nSPS) is 22.4. The Kier molecular flexibility index (Phi) is 4.84. The third-order valence-corrected chi connectivity index (χ3v) is 3.64. The molecule has 2 nitrogen and oxygen atoms in total. The molecule has 0 aromatic heterocycles. The van der Waals surface area contributed by atoms with E-state index in [2.05, 4.69) is 18.3 Å². The van der Waals surface area contributed by atoms with Crippen LogP contribution in [0.15, 0.2) is 24.3 Å². The van der Waals surface area contributed by atoms with E-state index in [9.17, 15) is 0 Å². The van der Waals surface area contributed by atoms with Gasteiger partial charge in [0.05, 0.1) is 6.10 Å². The molecule has 0 radical (unpaired) electrons. The molecule has 94 valence electrons. The van der Waals surface area contributed by atoms with Crippen LogP contribution in [-0.2, 0) is 4.74 Å². The van der Waals surface area contributed by atoms with Gasteiger partial charge in [0, 0.05) is 24.2 Å². The monoisotopic (exact) mass is 253 g/mol. The van der Waals surface area contributed by atoms with Crippen molar-refractivity contribution < 1.29 is 4.74 Å². The topological polar surface area (TPSA) is 21.3 Å². The largest absolute Gasteiger partial charge is 0.377 e. The summed E-state index contributed by atoms with van der Waals surface area (Å²) in [4.78, 5) is 0. The molecule has 1 heterocycles. The molecule has 1 saturated heterocycles. The highest BCUT2D eigenvalue weighted by Crippen LogP contribution is 2.22. The zero-order valence-corrected chi connectivity index (χ0v) is 11.0. The second kappa shape index (κ2) is 6.39. The molecule has 1 aromatic rings. The van der Waals surface area contributed by atoms with Crippen LogP contribution in [0.1, 0.15) is 37.8 Å². The first kappa shape index (κ1) is 12.9. The number of hydrogen-bond donors (Lipinski definition) is 1. The van der Waals surface area contributed by atoms with E-state index in [1.54, 1.807) is 0 Å². The average molecular weight is 254 g/mol. The van der Waals surface area contributed by atoms with E-state index in [1.165, 1.54) is 19.3 Å². The predicted molar refractivity (Wildman–Crippen MR) is 71.5 cm³/mol. The lowest BCUT2D eigenvalue weighted by atomic mass is 10.1. The third-order valence-electron chi connectivity index (χ3n) is 3.30. The van der Waals surface area contributed by atoms with Crippen LogP contribution in [0.25, 0.3) is 0 Å². The van der Waals surface area contributed by atoms with E-state index >= 15 is 0 Å². The maximum Gasteiger partial charge on any atom is 0.0699 e. The van der Waals surface area contributed by atoms with E-state index in [-0.39, 0.29) is 6.04 Å². The summed E-state index contributed by atoms with van der Waals surface area (Å²) in [6, 6.07) is 8.27. The van der Waals surface area contributed by atoms with Crippen molar-refractivity contribution >= 4 is 11.6 Å². The first-order valence-electron chi connectivity index (χ1n) is 6.37. The fraction of sp³-hybridized carbons (Fsp3) is 0.571. The fourth-order valence-electron chi connectivity index (χ4n) is 2.21. The van der Waals surface area contributed by atoms with Crippen molar-refractivity contribution in [2.45, 2.75) is 38.3 Å². The van der Waals surface area contributed by atoms with Crippen molar-refractivity contribution in [1.29, 1.82) is 0 Å². The molecule has 1 N–H and O–H groups in total. The van der Waals surface area contributed by atoms with Gasteiger partial charge in [-0.25, -0.2) is 0 Å². The third kappa shape index (κ3) is 3.70. The Morgan fingerprint density at radius 3 is 2.94 bits per heavy atom. The lowest BCUT2D eigenvalue weighted by molar-refractivity contribution is 0.0156. The van der Waals surface area contributed by atoms with Gasteiger partial charge in [-0.05, 0) is 37.8 Å². The first-order chi connectivity index (χ1) is 8.27. The van der Waals surface area contributed by atoms with Crippen LogP contribution in [0.2, 0.25) is 5.02 Å². The molecule has 1 aliphatic heterocycles. The lowest BCUT2D eigenvalue weighted by Gasteiger charge is -2.25. The molecule has 17 heavy (non-hydrogen) atoms. The van der Waals surface area contributed by atoms with Crippen molar-refractivity contribution in [2.75, 3.05) is 13.2 Å². The quantitative estimate of drug-likeness (QED) is 0.886. The molecule has 1 unspecified atom stereocenters. The number of benzene rings is 1. The summed E-state index contributed by atoms with van der Waals surface area (Å²) in [6.45, 7) is 3.96. The second-order valence-corrected chi connectivity index (χ2v) is 5.05. The lowest BCUT2D eigenvalue weighted by Crippen LogP contribution is -2.33.